The van der Waals surface area contributed by atoms with Gasteiger partial charge in [-0.3, -0.25) is 4.79 Å². The van der Waals surface area contributed by atoms with E-state index in [-0.39, 0.29) is 18.1 Å². The second kappa shape index (κ2) is 6.41. The van der Waals surface area contributed by atoms with Crippen LogP contribution in [0.25, 0.3) is 0 Å². The Bertz CT molecular complexity index is 678. The zero-order valence-electron chi connectivity index (χ0n) is 11.7. The summed E-state index contributed by atoms with van der Waals surface area (Å²) in [5, 5.41) is 13.4. The number of rotatable bonds is 5. The summed E-state index contributed by atoms with van der Waals surface area (Å²) in [4.78, 5) is 22.8. The van der Waals surface area contributed by atoms with Crippen LogP contribution in [0.5, 0.6) is 5.75 Å². The monoisotopic (exact) mass is 305 g/mol. The Morgan fingerprint density at radius 3 is 2.71 bits per heavy atom. The average molecular weight is 305 g/mol. The summed E-state index contributed by atoms with van der Waals surface area (Å²) in [5.41, 5.74) is 2.15. The van der Waals surface area contributed by atoms with E-state index in [0.717, 1.165) is 22.5 Å². The molecule has 0 spiro atoms. The molecule has 1 aromatic carbocycles. The summed E-state index contributed by atoms with van der Waals surface area (Å²) >= 11 is 1.16. The molecule has 0 aliphatic heterocycles. The van der Waals surface area contributed by atoms with Gasteiger partial charge in [-0.15, -0.1) is 11.3 Å². The van der Waals surface area contributed by atoms with Crippen LogP contribution >= 0.6 is 11.3 Å². The zero-order chi connectivity index (χ0) is 15.4. The normalized spacial score (nSPS) is 10.2. The summed E-state index contributed by atoms with van der Waals surface area (Å²) in [6, 6.07) is 7.14. The summed E-state index contributed by atoms with van der Waals surface area (Å²) in [5.74, 6) is -0.817. The molecule has 0 fully saturated rings. The van der Waals surface area contributed by atoms with Crippen molar-refractivity contribution >= 4 is 28.2 Å². The quantitative estimate of drug-likeness (QED) is 0.890. The Morgan fingerprint density at radius 1 is 1.29 bits per heavy atom. The van der Waals surface area contributed by atoms with Gasteiger partial charge in [-0.2, -0.15) is 0 Å². The van der Waals surface area contributed by atoms with Crippen LogP contribution in [0.15, 0.2) is 29.6 Å². The molecule has 0 radical (unpaired) electrons. The first kappa shape index (κ1) is 15.1. The molecule has 0 saturated heterocycles. The summed E-state index contributed by atoms with van der Waals surface area (Å²) in [7, 11) is 0. The number of ether oxygens (including phenoxy) is 1. The Hall–Kier alpha value is -2.34. The van der Waals surface area contributed by atoms with Gasteiger partial charge in [0.05, 0.1) is 5.56 Å². The number of anilines is 1. The third kappa shape index (κ3) is 3.82. The first-order chi connectivity index (χ1) is 9.97. The smallest absolute Gasteiger partial charge is 0.338 e. The van der Waals surface area contributed by atoms with Crippen molar-refractivity contribution in [1.29, 1.82) is 0 Å². The van der Waals surface area contributed by atoms with Crippen LogP contribution in [-0.2, 0) is 4.79 Å². The molecule has 6 heteroatoms. The number of aryl methyl sites for hydroxylation is 2. The molecule has 110 valence electrons. The second-order valence-electron chi connectivity index (χ2n) is 4.57. The SMILES string of the molecule is Cc1ccc(OCC(=O)Nc2sccc2C(=O)O)c(C)c1. The number of carbonyl (C=O) groups is 2. The molecule has 21 heavy (non-hydrogen) atoms. The molecular formula is C15H15NO4S. The predicted molar refractivity (Wildman–Crippen MR) is 81.3 cm³/mol. The molecule has 1 heterocycles. The average Bonchev–Trinajstić information content (AvgIpc) is 2.86. The molecule has 1 aromatic heterocycles. The number of carbonyl (C=O) groups excluding carboxylic acids is 1. The Balaban J connectivity index is 1.96. The number of amides is 1. The van der Waals surface area contributed by atoms with Crippen molar-refractivity contribution in [2.45, 2.75) is 13.8 Å². The van der Waals surface area contributed by atoms with Gasteiger partial charge >= 0.3 is 5.97 Å². The zero-order valence-corrected chi connectivity index (χ0v) is 12.5. The number of aromatic carboxylic acids is 1. The van der Waals surface area contributed by atoms with Crippen molar-refractivity contribution in [3.8, 4) is 5.75 Å². The van der Waals surface area contributed by atoms with Crippen LogP contribution in [0.4, 0.5) is 5.00 Å². The van der Waals surface area contributed by atoms with E-state index in [4.69, 9.17) is 9.84 Å². The van der Waals surface area contributed by atoms with Crippen molar-refractivity contribution in [1.82, 2.24) is 0 Å². The van der Waals surface area contributed by atoms with E-state index in [0.29, 0.717) is 10.8 Å². The van der Waals surface area contributed by atoms with Gasteiger partial charge in [-0.25, -0.2) is 4.79 Å². The maximum Gasteiger partial charge on any atom is 0.338 e. The predicted octanol–water partition coefficient (Wildman–Crippen LogP) is 3.08. The number of hydrogen-bond acceptors (Lipinski definition) is 4. The first-order valence-electron chi connectivity index (χ1n) is 6.28. The van der Waals surface area contributed by atoms with Crippen LogP contribution in [0.3, 0.4) is 0 Å². The molecule has 5 nitrogen and oxygen atoms in total. The van der Waals surface area contributed by atoms with Crippen molar-refractivity contribution in [3.05, 3.63) is 46.3 Å². The maximum atomic E-state index is 11.8. The minimum Gasteiger partial charge on any atom is -0.483 e. The van der Waals surface area contributed by atoms with E-state index in [9.17, 15) is 9.59 Å². The van der Waals surface area contributed by atoms with E-state index in [1.165, 1.54) is 6.07 Å². The van der Waals surface area contributed by atoms with Gasteiger partial charge in [0.15, 0.2) is 6.61 Å². The molecule has 0 bridgehead atoms. The lowest BCUT2D eigenvalue weighted by molar-refractivity contribution is -0.118. The van der Waals surface area contributed by atoms with Gasteiger partial charge in [0, 0.05) is 0 Å². The molecule has 0 saturated carbocycles. The van der Waals surface area contributed by atoms with E-state index in [1.807, 2.05) is 32.0 Å². The van der Waals surface area contributed by atoms with Gasteiger partial charge in [-0.05, 0) is 36.9 Å². The van der Waals surface area contributed by atoms with Gasteiger partial charge in [0.25, 0.3) is 5.91 Å². The van der Waals surface area contributed by atoms with E-state index in [2.05, 4.69) is 5.32 Å². The lowest BCUT2D eigenvalue weighted by atomic mass is 10.1. The molecule has 2 rings (SSSR count). The van der Waals surface area contributed by atoms with E-state index in [1.54, 1.807) is 5.38 Å². The molecule has 0 unspecified atom stereocenters. The largest absolute Gasteiger partial charge is 0.483 e. The molecule has 0 atom stereocenters. The number of hydrogen-bond donors (Lipinski definition) is 2. The number of benzene rings is 1. The number of carboxylic acid groups (broad SMARTS) is 1. The molecule has 0 aliphatic rings. The van der Waals surface area contributed by atoms with Crippen LogP contribution in [0.2, 0.25) is 0 Å². The second-order valence-corrected chi connectivity index (χ2v) is 5.49. The number of carboxylic acids is 1. The highest BCUT2D eigenvalue weighted by atomic mass is 32.1. The lowest BCUT2D eigenvalue weighted by Gasteiger charge is -2.09. The minimum absolute atomic E-state index is 0.0832. The van der Waals surface area contributed by atoms with Gasteiger partial charge in [0.2, 0.25) is 0 Å². The standard InChI is InChI=1S/C15H15NO4S/c1-9-3-4-12(10(2)7-9)20-8-13(17)16-14-11(15(18)19)5-6-21-14/h3-7H,8H2,1-2H3,(H,16,17)(H,18,19). The van der Waals surface area contributed by atoms with Gasteiger partial charge < -0.3 is 15.2 Å². The highest BCUT2D eigenvalue weighted by Crippen LogP contribution is 2.23. The van der Waals surface area contributed by atoms with Crippen molar-refractivity contribution in [2.24, 2.45) is 0 Å². The Labute approximate surface area is 126 Å². The number of thiophene rings is 1. The van der Waals surface area contributed by atoms with Crippen LogP contribution in [0.1, 0.15) is 21.5 Å². The van der Waals surface area contributed by atoms with E-state index < -0.39 is 5.97 Å². The summed E-state index contributed by atoms with van der Waals surface area (Å²) < 4.78 is 5.45. The summed E-state index contributed by atoms with van der Waals surface area (Å²) in [6.07, 6.45) is 0. The van der Waals surface area contributed by atoms with Crippen LogP contribution < -0.4 is 10.1 Å². The lowest BCUT2D eigenvalue weighted by Crippen LogP contribution is -2.20. The maximum absolute atomic E-state index is 11.8. The van der Waals surface area contributed by atoms with Gasteiger partial charge in [-0.1, -0.05) is 17.7 Å². The van der Waals surface area contributed by atoms with Crippen LogP contribution in [-0.4, -0.2) is 23.6 Å². The fourth-order valence-electron chi connectivity index (χ4n) is 1.84. The Morgan fingerprint density at radius 2 is 2.05 bits per heavy atom. The first-order valence-corrected chi connectivity index (χ1v) is 7.16. The third-order valence-electron chi connectivity index (χ3n) is 2.84. The minimum atomic E-state index is -1.07. The Kier molecular flexibility index (Phi) is 4.59. The molecule has 1 amide bonds. The highest BCUT2D eigenvalue weighted by molar-refractivity contribution is 7.14. The number of nitrogens with one attached hydrogen (secondary N) is 1. The van der Waals surface area contributed by atoms with Crippen molar-refractivity contribution in [2.75, 3.05) is 11.9 Å². The third-order valence-corrected chi connectivity index (χ3v) is 3.67. The van der Waals surface area contributed by atoms with Gasteiger partial charge in [0.1, 0.15) is 10.8 Å². The fourth-order valence-corrected chi connectivity index (χ4v) is 2.64. The molecular weight excluding hydrogens is 290 g/mol. The molecule has 2 aromatic rings. The van der Waals surface area contributed by atoms with E-state index >= 15 is 0 Å². The van der Waals surface area contributed by atoms with Crippen LogP contribution in [0, 0.1) is 13.8 Å². The highest BCUT2D eigenvalue weighted by Gasteiger charge is 2.14. The molecule has 2 N–H and O–H groups in total. The van der Waals surface area contributed by atoms with Crippen molar-refractivity contribution < 1.29 is 19.4 Å². The topological polar surface area (TPSA) is 75.6 Å². The van der Waals surface area contributed by atoms with Crippen molar-refractivity contribution in [3.63, 3.8) is 0 Å². The fraction of sp³-hybridized carbons (Fsp3) is 0.200. The molecule has 0 aliphatic carbocycles. The summed E-state index contributed by atoms with van der Waals surface area (Å²) in [6.45, 7) is 3.72.